The number of halogens is 1. The van der Waals surface area contributed by atoms with E-state index in [2.05, 4.69) is 51.8 Å². The van der Waals surface area contributed by atoms with Crippen LogP contribution in [0.25, 0.3) is 0 Å². The van der Waals surface area contributed by atoms with E-state index in [9.17, 15) is 4.39 Å². The van der Waals surface area contributed by atoms with Crippen molar-refractivity contribution in [3.8, 4) is 0 Å². The van der Waals surface area contributed by atoms with Gasteiger partial charge in [-0.05, 0) is 51.3 Å². The Balaban J connectivity index is 3.18. The number of hydrogen-bond acceptors (Lipinski definition) is 2. The van der Waals surface area contributed by atoms with Crippen LogP contribution in [0.1, 0.15) is 59.6 Å². The van der Waals surface area contributed by atoms with Gasteiger partial charge in [0.15, 0.2) is 0 Å². The predicted molar refractivity (Wildman–Crippen MR) is 90.4 cm³/mol. The zero-order chi connectivity index (χ0) is 16.0. The lowest BCUT2D eigenvalue weighted by Crippen LogP contribution is -2.36. The van der Waals surface area contributed by atoms with Gasteiger partial charge >= 0.3 is 0 Å². The SMILES string of the molecule is CCCNC(C)c1cccc(F)c1N(CC(C)C)C(C)C. The van der Waals surface area contributed by atoms with Crippen molar-refractivity contribution in [3.63, 3.8) is 0 Å². The van der Waals surface area contributed by atoms with Crippen LogP contribution < -0.4 is 10.2 Å². The van der Waals surface area contributed by atoms with Crippen LogP contribution in [0.4, 0.5) is 10.1 Å². The molecule has 1 rings (SSSR count). The smallest absolute Gasteiger partial charge is 0.146 e. The Morgan fingerprint density at radius 1 is 1.14 bits per heavy atom. The van der Waals surface area contributed by atoms with Crippen molar-refractivity contribution >= 4 is 5.69 Å². The van der Waals surface area contributed by atoms with E-state index >= 15 is 0 Å². The van der Waals surface area contributed by atoms with Crippen molar-refractivity contribution in [1.29, 1.82) is 0 Å². The molecular formula is C18H31FN2. The third-order valence-corrected chi connectivity index (χ3v) is 3.66. The zero-order valence-corrected chi connectivity index (χ0v) is 14.4. The number of nitrogens with zero attached hydrogens (tertiary/aromatic N) is 1. The standard InChI is InChI=1S/C18H31FN2/c1-7-11-20-15(6)16-9-8-10-17(19)18(16)21(14(4)5)12-13(2)3/h8-10,13-15,20H,7,11-12H2,1-6H3. The van der Waals surface area contributed by atoms with Crippen molar-refractivity contribution in [3.05, 3.63) is 29.6 Å². The topological polar surface area (TPSA) is 15.3 Å². The number of rotatable bonds is 8. The number of nitrogens with one attached hydrogen (secondary N) is 1. The zero-order valence-electron chi connectivity index (χ0n) is 14.4. The van der Waals surface area contributed by atoms with Gasteiger partial charge in [0.05, 0.1) is 5.69 Å². The molecule has 21 heavy (non-hydrogen) atoms. The number of anilines is 1. The lowest BCUT2D eigenvalue weighted by Gasteiger charge is -2.34. The molecular weight excluding hydrogens is 263 g/mol. The van der Waals surface area contributed by atoms with Crippen LogP contribution in [0.15, 0.2) is 18.2 Å². The minimum Gasteiger partial charge on any atom is -0.366 e. The molecule has 0 amide bonds. The number of hydrogen-bond donors (Lipinski definition) is 1. The van der Waals surface area contributed by atoms with Crippen LogP contribution in [-0.2, 0) is 0 Å². The predicted octanol–water partition coefficient (Wildman–Crippen LogP) is 4.76. The molecule has 2 nitrogen and oxygen atoms in total. The first-order valence-electron chi connectivity index (χ1n) is 8.16. The number of para-hydroxylation sites is 1. The highest BCUT2D eigenvalue weighted by Crippen LogP contribution is 2.31. The Bertz CT molecular complexity index is 429. The van der Waals surface area contributed by atoms with E-state index in [0.29, 0.717) is 5.92 Å². The maximum Gasteiger partial charge on any atom is 0.146 e. The maximum absolute atomic E-state index is 14.5. The molecule has 0 aromatic heterocycles. The van der Waals surface area contributed by atoms with Crippen LogP contribution >= 0.6 is 0 Å². The second kappa shape index (κ2) is 8.38. The van der Waals surface area contributed by atoms with Gasteiger partial charge in [-0.2, -0.15) is 0 Å². The first-order chi connectivity index (χ1) is 9.88. The third kappa shape index (κ3) is 4.99. The number of benzene rings is 1. The van der Waals surface area contributed by atoms with Gasteiger partial charge in [0.2, 0.25) is 0 Å². The Morgan fingerprint density at radius 2 is 1.81 bits per heavy atom. The molecule has 1 unspecified atom stereocenters. The summed E-state index contributed by atoms with van der Waals surface area (Å²) in [5, 5.41) is 3.47. The fraction of sp³-hybridized carbons (Fsp3) is 0.667. The summed E-state index contributed by atoms with van der Waals surface area (Å²) < 4.78 is 14.5. The summed E-state index contributed by atoms with van der Waals surface area (Å²) in [4.78, 5) is 2.19. The largest absolute Gasteiger partial charge is 0.366 e. The minimum absolute atomic E-state index is 0.119. The van der Waals surface area contributed by atoms with Gasteiger partial charge in [0, 0.05) is 18.6 Å². The summed E-state index contributed by atoms with van der Waals surface area (Å²) in [7, 11) is 0. The third-order valence-electron chi connectivity index (χ3n) is 3.66. The summed E-state index contributed by atoms with van der Waals surface area (Å²) in [5.74, 6) is 0.380. The van der Waals surface area contributed by atoms with Crippen LogP contribution in [0.3, 0.4) is 0 Å². The Morgan fingerprint density at radius 3 is 2.33 bits per heavy atom. The van der Waals surface area contributed by atoms with Crippen LogP contribution in [0, 0.1) is 11.7 Å². The molecule has 1 atom stereocenters. The van der Waals surface area contributed by atoms with Gasteiger partial charge in [0.25, 0.3) is 0 Å². The van der Waals surface area contributed by atoms with Crippen molar-refractivity contribution in [2.24, 2.45) is 5.92 Å². The van der Waals surface area contributed by atoms with Crippen molar-refractivity contribution in [2.75, 3.05) is 18.0 Å². The molecule has 0 saturated heterocycles. The van der Waals surface area contributed by atoms with Crippen LogP contribution in [-0.4, -0.2) is 19.1 Å². The molecule has 0 spiro atoms. The van der Waals surface area contributed by atoms with E-state index in [1.54, 1.807) is 6.07 Å². The molecule has 0 bridgehead atoms. The normalized spacial score (nSPS) is 13.0. The average Bonchev–Trinajstić information content (AvgIpc) is 2.41. The Labute approximate surface area is 129 Å². The van der Waals surface area contributed by atoms with E-state index in [1.165, 1.54) is 0 Å². The summed E-state index contributed by atoms with van der Waals surface area (Å²) in [5.41, 5.74) is 1.81. The molecule has 120 valence electrons. The fourth-order valence-electron chi connectivity index (χ4n) is 2.61. The van der Waals surface area contributed by atoms with E-state index in [4.69, 9.17) is 0 Å². The van der Waals surface area contributed by atoms with Crippen LogP contribution in [0.2, 0.25) is 0 Å². The molecule has 1 aromatic rings. The molecule has 0 fully saturated rings. The van der Waals surface area contributed by atoms with Gasteiger partial charge in [-0.3, -0.25) is 0 Å². The summed E-state index contributed by atoms with van der Waals surface area (Å²) in [6.45, 7) is 14.7. The second-order valence-electron chi connectivity index (χ2n) is 6.49. The monoisotopic (exact) mass is 294 g/mol. The van der Waals surface area contributed by atoms with Crippen LogP contribution in [0.5, 0.6) is 0 Å². The molecule has 0 aliphatic carbocycles. The highest BCUT2D eigenvalue weighted by Gasteiger charge is 2.22. The lowest BCUT2D eigenvalue weighted by molar-refractivity contribution is 0.529. The molecule has 3 heteroatoms. The first kappa shape index (κ1) is 18.0. The van der Waals surface area contributed by atoms with E-state index in [0.717, 1.165) is 30.8 Å². The van der Waals surface area contributed by atoms with E-state index < -0.39 is 0 Å². The first-order valence-corrected chi connectivity index (χ1v) is 8.16. The van der Waals surface area contributed by atoms with Gasteiger partial charge in [-0.15, -0.1) is 0 Å². The highest BCUT2D eigenvalue weighted by atomic mass is 19.1. The minimum atomic E-state index is -0.119. The lowest BCUT2D eigenvalue weighted by atomic mass is 10.0. The highest BCUT2D eigenvalue weighted by molar-refractivity contribution is 5.57. The van der Waals surface area contributed by atoms with Crippen molar-refractivity contribution < 1.29 is 4.39 Å². The molecule has 1 N–H and O–H groups in total. The van der Waals surface area contributed by atoms with Crippen molar-refractivity contribution in [2.45, 2.75) is 60.0 Å². The Kier molecular flexibility index (Phi) is 7.16. The van der Waals surface area contributed by atoms with Crippen molar-refractivity contribution in [1.82, 2.24) is 5.32 Å². The maximum atomic E-state index is 14.5. The molecule has 0 aliphatic rings. The quantitative estimate of drug-likeness (QED) is 0.744. The van der Waals surface area contributed by atoms with Gasteiger partial charge in [-0.25, -0.2) is 4.39 Å². The van der Waals surface area contributed by atoms with Gasteiger partial charge in [-0.1, -0.05) is 32.9 Å². The van der Waals surface area contributed by atoms with E-state index in [-0.39, 0.29) is 17.9 Å². The molecule has 0 saturated carbocycles. The summed E-state index contributed by atoms with van der Waals surface area (Å²) >= 11 is 0. The van der Waals surface area contributed by atoms with E-state index in [1.807, 2.05) is 12.1 Å². The molecule has 1 aromatic carbocycles. The second-order valence-corrected chi connectivity index (χ2v) is 6.49. The summed E-state index contributed by atoms with van der Waals surface area (Å²) in [6, 6.07) is 5.86. The average molecular weight is 294 g/mol. The molecule has 0 heterocycles. The summed E-state index contributed by atoms with van der Waals surface area (Å²) in [6.07, 6.45) is 1.08. The fourth-order valence-corrected chi connectivity index (χ4v) is 2.61. The molecule has 0 aliphatic heterocycles. The molecule has 0 radical (unpaired) electrons. The van der Waals surface area contributed by atoms with Gasteiger partial charge < -0.3 is 10.2 Å². The van der Waals surface area contributed by atoms with Gasteiger partial charge in [0.1, 0.15) is 5.82 Å². The Hall–Kier alpha value is -1.09.